The van der Waals surface area contributed by atoms with E-state index in [9.17, 15) is 4.79 Å². The summed E-state index contributed by atoms with van der Waals surface area (Å²) in [6, 6.07) is 5.83. The second-order valence-corrected chi connectivity index (χ2v) is 6.34. The Labute approximate surface area is 119 Å². The van der Waals surface area contributed by atoms with E-state index < -0.39 is 0 Å². The summed E-state index contributed by atoms with van der Waals surface area (Å²) in [6.07, 6.45) is 1.79. The van der Waals surface area contributed by atoms with Gasteiger partial charge in [0.1, 0.15) is 6.04 Å². The summed E-state index contributed by atoms with van der Waals surface area (Å²) in [7, 11) is 0. The molecule has 1 aliphatic heterocycles. The highest BCUT2D eigenvalue weighted by Gasteiger charge is 2.29. The van der Waals surface area contributed by atoms with E-state index >= 15 is 0 Å². The highest BCUT2D eigenvalue weighted by Crippen LogP contribution is 2.36. The van der Waals surface area contributed by atoms with Crippen LogP contribution in [0, 0.1) is 0 Å². The first-order valence-electron chi connectivity index (χ1n) is 6.03. The van der Waals surface area contributed by atoms with Gasteiger partial charge in [-0.1, -0.05) is 24.8 Å². The van der Waals surface area contributed by atoms with E-state index in [0.717, 1.165) is 27.0 Å². The van der Waals surface area contributed by atoms with E-state index in [-0.39, 0.29) is 11.9 Å². The fourth-order valence-electron chi connectivity index (χ4n) is 2.07. The van der Waals surface area contributed by atoms with E-state index in [4.69, 9.17) is 0 Å². The van der Waals surface area contributed by atoms with Crippen molar-refractivity contribution in [3.8, 4) is 0 Å². The lowest BCUT2D eigenvalue weighted by atomic mass is 10.1. The summed E-state index contributed by atoms with van der Waals surface area (Å²) in [5.41, 5.74) is 1.92. The molecule has 0 spiro atoms. The number of amides is 1. The zero-order valence-electron chi connectivity index (χ0n) is 10.3. The van der Waals surface area contributed by atoms with Crippen molar-refractivity contribution in [3.05, 3.63) is 35.3 Å². The number of carbonyl (C=O) groups excluding carboxylic acids is 1. The molecule has 19 heavy (non-hydrogen) atoms. The highest BCUT2D eigenvalue weighted by atomic mass is 32.2. The largest absolute Gasteiger partial charge is 0.324 e. The smallest absolute Gasteiger partial charge is 0.246 e. The Morgan fingerprint density at radius 2 is 2.42 bits per heavy atom. The number of nitrogens with one attached hydrogen (secondary N) is 2. The van der Waals surface area contributed by atoms with Gasteiger partial charge >= 0.3 is 0 Å². The maximum Gasteiger partial charge on any atom is 0.246 e. The number of likely N-dealkylation sites (N-methyl/N-ethyl adjacent to an activating group) is 1. The van der Waals surface area contributed by atoms with Crippen LogP contribution in [0.15, 0.2) is 39.0 Å². The van der Waals surface area contributed by atoms with Gasteiger partial charge < -0.3 is 10.6 Å². The molecule has 1 aliphatic rings. The van der Waals surface area contributed by atoms with Crippen LogP contribution in [0.25, 0.3) is 0 Å². The average molecular weight is 291 g/mol. The van der Waals surface area contributed by atoms with Gasteiger partial charge in [-0.05, 0) is 18.7 Å². The van der Waals surface area contributed by atoms with E-state index in [0.29, 0.717) is 0 Å². The van der Waals surface area contributed by atoms with Crippen LogP contribution in [-0.4, -0.2) is 17.4 Å². The van der Waals surface area contributed by atoms with Gasteiger partial charge in [-0.3, -0.25) is 4.79 Å². The summed E-state index contributed by atoms with van der Waals surface area (Å²) >= 11 is 3.22. The topological polar surface area (TPSA) is 54.0 Å². The first-order valence-corrected chi connectivity index (χ1v) is 7.73. The third kappa shape index (κ3) is 2.51. The monoisotopic (exact) mass is 291 g/mol. The van der Waals surface area contributed by atoms with Crippen LogP contribution in [-0.2, 0) is 4.79 Å². The second kappa shape index (κ2) is 5.32. The molecule has 0 saturated heterocycles. The number of rotatable bonds is 4. The van der Waals surface area contributed by atoms with Crippen molar-refractivity contribution in [2.24, 2.45) is 0 Å². The quantitative estimate of drug-likeness (QED) is 0.909. The third-order valence-corrected chi connectivity index (χ3v) is 4.75. The predicted octanol–water partition coefficient (Wildman–Crippen LogP) is 2.90. The summed E-state index contributed by atoms with van der Waals surface area (Å²) in [5.74, 6) is 0.0215. The minimum Gasteiger partial charge on any atom is -0.324 e. The van der Waals surface area contributed by atoms with Gasteiger partial charge in [0.15, 0.2) is 4.34 Å². The van der Waals surface area contributed by atoms with Gasteiger partial charge in [-0.2, -0.15) is 0 Å². The van der Waals surface area contributed by atoms with Crippen LogP contribution < -0.4 is 10.6 Å². The number of fused-ring (bicyclic) bond motifs is 1. The van der Waals surface area contributed by atoms with Crippen molar-refractivity contribution >= 4 is 34.7 Å². The molecule has 1 atom stereocenters. The molecule has 2 N–H and O–H groups in total. The van der Waals surface area contributed by atoms with E-state index in [1.807, 2.05) is 30.5 Å². The average Bonchev–Trinajstić information content (AvgIpc) is 2.99. The highest BCUT2D eigenvalue weighted by molar-refractivity contribution is 8.01. The summed E-state index contributed by atoms with van der Waals surface area (Å²) in [6.45, 7) is 2.77. The molecular formula is C13H13N3OS2. The van der Waals surface area contributed by atoms with Crippen molar-refractivity contribution in [1.29, 1.82) is 0 Å². The summed E-state index contributed by atoms with van der Waals surface area (Å²) in [4.78, 5) is 17.2. The molecule has 2 heterocycles. The van der Waals surface area contributed by atoms with Crippen LogP contribution in [0.5, 0.6) is 0 Å². The SMILES string of the molecule is CCNC1C(=O)Nc2cc(Sc3nccs3)ccc21. The van der Waals surface area contributed by atoms with Gasteiger partial charge in [0.25, 0.3) is 0 Å². The Morgan fingerprint density at radius 1 is 1.53 bits per heavy atom. The van der Waals surface area contributed by atoms with Crippen molar-refractivity contribution in [2.75, 3.05) is 11.9 Å². The number of aromatic nitrogens is 1. The molecule has 1 amide bonds. The van der Waals surface area contributed by atoms with Gasteiger partial charge in [-0.15, -0.1) is 11.3 Å². The number of hydrogen-bond donors (Lipinski definition) is 2. The Bertz CT molecular complexity index is 598. The van der Waals surface area contributed by atoms with E-state index in [1.165, 1.54) is 0 Å². The van der Waals surface area contributed by atoms with Gasteiger partial charge in [0.05, 0.1) is 0 Å². The van der Waals surface area contributed by atoms with E-state index in [1.54, 1.807) is 29.3 Å². The first-order chi connectivity index (χ1) is 9.28. The van der Waals surface area contributed by atoms with Crippen molar-refractivity contribution in [3.63, 3.8) is 0 Å². The van der Waals surface area contributed by atoms with Crippen LogP contribution in [0.1, 0.15) is 18.5 Å². The van der Waals surface area contributed by atoms with E-state index in [2.05, 4.69) is 15.6 Å². The van der Waals surface area contributed by atoms with Gasteiger partial charge in [-0.25, -0.2) is 4.98 Å². The molecule has 1 unspecified atom stereocenters. The number of hydrogen-bond acceptors (Lipinski definition) is 5. The lowest BCUT2D eigenvalue weighted by Gasteiger charge is -2.09. The van der Waals surface area contributed by atoms with Gasteiger partial charge in [0.2, 0.25) is 5.91 Å². The first kappa shape index (κ1) is 12.7. The van der Waals surface area contributed by atoms with Crippen molar-refractivity contribution in [2.45, 2.75) is 22.2 Å². The zero-order valence-corrected chi connectivity index (χ0v) is 12.0. The fraction of sp³-hybridized carbons (Fsp3) is 0.231. The number of benzene rings is 1. The Morgan fingerprint density at radius 3 is 3.16 bits per heavy atom. The Kier molecular flexibility index (Phi) is 3.54. The molecule has 0 fully saturated rings. The fourth-order valence-corrected chi connectivity index (χ4v) is 3.71. The molecule has 0 bridgehead atoms. The molecule has 1 aromatic carbocycles. The second-order valence-electron chi connectivity index (χ2n) is 4.13. The number of thiazole rings is 1. The zero-order chi connectivity index (χ0) is 13.2. The Balaban J connectivity index is 1.85. The van der Waals surface area contributed by atoms with Gasteiger partial charge in [0, 0.05) is 27.7 Å². The van der Waals surface area contributed by atoms with Crippen molar-refractivity contribution in [1.82, 2.24) is 10.3 Å². The number of anilines is 1. The predicted molar refractivity (Wildman–Crippen MR) is 77.7 cm³/mol. The molecule has 1 aromatic heterocycles. The van der Waals surface area contributed by atoms with Crippen LogP contribution in [0.2, 0.25) is 0 Å². The molecule has 6 heteroatoms. The minimum absolute atomic E-state index is 0.0215. The molecule has 2 aromatic rings. The van der Waals surface area contributed by atoms with Crippen molar-refractivity contribution < 1.29 is 4.79 Å². The van der Waals surface area contributed by atoms with Crippen LogP contribution in [0.4, 0.5) is 5.69 Å². The molecule has 98 valence electrons. The summed E-state index contributed by atoms with van der Waals surface area (Å²) in [5, 5.41) is 8.06. The van der Waals surface area contributed by atoms with Crippen LogP contribution in [0.3, 0.4) is 0 Å². The normalized spacial score (nSPS) is 17.3. The maximum absolute atomic E-state index is 11.9. The third-order valence-electron chi connectivity index (χ3n) is 2.88. The molecule has 0 aliphatic carbocycles. The number of nitrogens with zero attached hydrogens (tertiary/aromatic N) is 1. The molecule has 3 rings (SSSR count). The minimum atomic E-state index is -0.223. The number of carbonyl (C=O) groups is 1. The molecular weight excluding hydrogens is 278 g/mol. The lowest BCUT2D eigenvalue weighted by molar-refractivity contribution is -0.117. The molecule has 4 nitrogen and oxygen atoms in total. The van der Waals surface area contributed by atoms with Crippen LogP contribution >= 0.6 is 23.1 Å². The molecule has 0 radical (unpaired) electrons. The standard InChI is InChI=1S/C13H13N3OS2/c1-2-14-11-9-4-3-8(7-10(9)16-12(11)17)19-13-15-5-6-18-13/h3-7,11,14H,2H2,1H3,(H,16,17). The summed E-state index contributed by atoms with van der Waals surface area (Å²) < 4.78 is 1.01. The molecule has 0 saturated carbocycles. The lowest BCUT2D eigenvalue weighted by Crippen LogP contribution is -2.27. The Hall–Kier alpha value is -1.37. The maximum atomic E-state index is 11.9.